The minimum absolute atomic E-state index is 0.271. The fourth-order valence-electron chi connectivity index (χ4n) is 2.27. The summed E-state index contributed by atoms with van der Waals surface area (Å²) in [5.74, 6) is 0.372. The van der Waals surface area contributed by atoms with E-state index in [1.807, 2.05) is 30.3 Å². The third kappa shape index (κ3) is 3.73. The van der Waals surface area contributed by atoms with E-state index < -0.39 is 0 Å². The molecule has 0 radical (unpaired) electrons. The molecule has 25 heavy (non-hydrogen) atoms. The maximum absolute atomic E-state index is 11.9. The highest BCUT2D eigenvalue weighted by Crippen LogP contribution is 2.31. The van der Waals surface area contributed by atoms with Crippen LogP contribution in [0.4, 0.5) is 4.79 Å². The van der Waals surface area contributed by atoms with Crippen LogP contribution < -0.4 is 4.74 Å². The van der Waals surface area contributed by atoms with Gasteiger partial charge in [0.15, 0.2) is 0 Å². The third-order valence-electron chi connectivity index (χ3n) is 3.70. The second-order valence-corrected chi connectivity index (χ2v) is 6.36. The Hall–Kier alpha value is -3.04. The topological polar surface area (TPSA) is 70.4 Å². The first kappa shape index (κ1) is 16.8. The quantitative estimate of drug-likeness (QED) is 0.784. The summed E-state index contributed by atoms with van der Waals surface area (Å²) < 4.78 is 5.71. The lowest BCUT2D eigenvalue weighted by Crippen LogP contribution is -2.22. The Bertz CT molecular complexity index is 898. The van der Waals surface area contributed by atoms with Crippen molar-refractivity contribution < 1.29 is 14.3 Å². The Morgan fingerprint density at radius 3 is 2.52 bits per heavy atom. The molecule has 3 rings (SSSR count). The van der Waals surface area contributed by atoms with Crippen LogP contribution in [0.1, 0.15) is 16.7 Å². The van der Waals surface area contributed by atoms with E-state index in [2.05, 4.69) is 6.07 Å². The Balaban J connectivity index is 1.68. The van der Waals surface area contributed by atoms with Crippen LogP contribution in [-0.2, 0) is 11.4 Å². The van der Waals surface area contributed by atoms with Crippen LogP contribution in [0, 0.1) is 11.3 Å². The summed E-state index contributed by atoms with van der Waals surface area (Å²) in [6.07, 6.45) is 1.68. The second kappa shape index (κ2) is 7.24. The molecule has 1 saturated heterocycles. The van der Waals surface area contributed by atoms with Gasteiger partial charge in [0.1, 0.15) is 12.4 Å². The monoisotopic (exact) mass is 350 g/mol. The van der Waals surface area contributed by atoms with Crippen LogP contribution in [-0.4, -0.2) is 23.1 Å². The largest absolute Gasteiger partial charge is 0.489 e. The van der Waals surface area contributed by atoms with Crippen molar-refractivity contribution in [1.29, 1.82) is 5.26 Å². The molecule has 6 heteroatoms. The van der Waals surface area contributed by atoms with E-state index in [9.17, 15) is 9.59 Å². The smallest absolute Gasteiger partial charge is 0.293 e. The van der Waals surface area contributed by atoms with Gasteiger partial charge in [-0.15, -0.1) is 0 Å². The number of benzene rings is 2. The molecule has 124 valence electrons. The minimum atomic E-state index is -0.288. The molecule has 0 unspecified atom stereocenters. The lowest BCUT2D eigenvalue weighted by molar-refractivity contribution is -0.121. The zero-order valence-electron chi connectivity index (χ0n) is 13.4. The highest BCUT2D eigenvalue weighted by molar-refractivity contribution is 8.18. The number of hydrogen-bond donors (Lipinski definition) is 0. The van der Waals surface area contributed by atoms with Gasteiger partial charge in [-0.25, -0.2) is 0 Å². The van der Waals surface area contributed by atoms with Crippen molar-refractivity contribution in [1.82, 2.24) is 4.90 Å². The van der Waals surface area contributed by atoms with E-state index in [0.717, 1.165) is 27.8 Å². The summed E-state index contributed by atoms with van der Waals surface area (Å²) in [6.45, 7) is 0.303. The Morgan fingerprint density at radius 2 is 1.88 bits per heavy atom. The number of ether oxygens (including phenoxy) is 1. The molecule has 5 nitrogen and oxygen atoms in total. The fraction of sp³-hybridized carbons (Fsp3) is 0.105. The van der Waals surface area contributed by atoms with Crippen molar-refractivity contribution in [3.8, 4) is 11.8 Å². The lowest BCUT2D eigenvalue weighted by atomic mass is 10.1. The van der Waals surface area contributed by atoms with Crippen molar-refractivity contribution in [3.63, 3.8) is 0 Å². The molecule has 0 atom stereocenters. The average molecular weight is 350 g/mol. The number of hydrogen-bond acceptors (Lipinski definition) is 5. The molecule has 1 heterocycles. The molecule has 2 amide bonds. The molecule has 2 aromatic carbocycles. The first-order chi connectivity index (χ1) is 12.1. The van der Waals surface area contributed by atoms with Crippen LogP contribution in [0.5, 0.6) is 5.75 Å². The number of rotatable bonds is 4. The van der Waals surface area contributed by atoms with Crippen molar-refractivity contribution in [2.75, 3.05) is 7.05 Å². The summed E-state index contributed by atoms with van der Waals surface area (Å²) >= 11 is 0.929. The molecule has 1 aliphatic heterocycles. The number of amides is 2. The highest BCUT2D eigenvalue weighted by atomic mass is 32.2. The molecule has 0 spiro atoms. The Morgan fingerprint density at radius 1 is 1.16 bits per heavy atom. The molecular weight excluding hydrogens is 336 g/mol. The van der Waals surface area contributed by atoms with Crippen LogP contribution in [0.2, 0.25) is 0 Å². The third-order valence-corrected chi connectivity index (χ3v) is 4.66. The molecule has 1 fully saturated rings. The van der Waals surface area contributed by atoms with Crippen molar-refractivity contribution in [2.45, 2.75) is 6.61 Å². The van der Waals surface area contributed by atoms with Crippen LogP contribution in [0.3, 0.4) is 0 Å². The van der Waals surface area contributed by atoms with Gasteiger partial charge < -0.3 is 4.74 Å². The van der Waals surface area contributed by atoms with Gasteiger partial charge in [-0.05, 0) is 41.6 Å². The SMILES string of the molecule is CN1C(=O)S/C(=C\c2ccc(OCc3ccccc3C#N)cc2)C1=O. The van der Waals surface area contributed by atoms with E-state index >= 15 is 0 Å². The molecular formula is C19H14N2O3S. The first-order valence-corrected chi connectivity index (χ1v) is 8.32. The van der Waals surface area contributed by atoms with E-state index in [1.165, 1.54) is 7.05 Å². The van der Waals surface area contributed by atoms with Gasteiger partial charge in [-0.2, -0.15) is 5.26 Å². The van der Waals surface area contributed by atoms with E-state index in [0.29, 0.717) is 22.8 Å². The van der Waals surface area contributed by atoms with Crippen LogP contribution in [0.25, 0.3) is 6.08 Å². The number of likely N-dealkylation sites (N-methyl/N-ethyl adjacent to an activating group) is 1. The first-order valence-electron chi connectivity index (χ1n) is 7.51. The van der Waals surface area contributed by atoms with Crippen LogP contribution >= 0.6 is 11.8 Å². The standard InChI is InChI=1S/C19H14N2O3S/c1-21-18(22)17(25-19(21)23)10-13-6-8-16(9-7-13)24-12-15-5-3-2-4-14(15)11-20/h2-10H,12H2,1H3/b17-10-. The lowest BCUT2D eigenvalue weighted by Gasteiger charge is -2.08. The number of nitriles is 1. The summed E-state index contributed by atoms with van der Waals surface area (Å²) in [4.78, 5) is 24.9. The number of nitrogens with zero attached hydrogens (tertiary/aromatic N) is 2. The van der Waals surface area contributed by atoms with Gasteiger partial charge in [0.05, 0.1) is 16.5 Å². The number of carbonyl (C=O) groups is 2. The summed E-state index contributed by atoms with van der Waals surface area (Å²) in [7, 11) is 1.47. The number of carbonyl (C=O) groups excluding carboxylic acids is 2. The maximum Gasteiger partial charge on any atom is 0.293 e. The normalized spacial score (nSPS) is 15.5. The molecule has 0 bridgehead atoms. The zero-order chi connectivity index (χ0) is 17.8. The molecule has 0 N–H and O–H groups in total. The summed E-state index contributed by atoms with van der Waals surface area (Å²) in [5.41, 5.74) is 2.23. The van der Waals surface area contributed by atoms with Gasteiger partial charge in [0.2, 0.25) is 0 Å². The van der Waals surface area contributed by atoms with Gasteiger partial charge in [0.25, 0.3) is 11.1 Å². The molecule has 0 aliphatic carbocycles. The van der Waals surface area contributed by atoms with Crippen molar-refractivity contribution in [3.05, 3.63) is 70.1 Å². The Kier molecular flexibility index (Phi) is 4.87. The number of thioether (sulfide) groups is 1. The predicted octanol–water partition coefficient (Wildman–Crippen LogP) is 3.80. The van der Waals surface area contributed by atoms with Crippen LogP contribution in [0.15, 0.2) is 53.4 Å². The van der Waals surface area contributed by atoms with E-state index in [-0.39, 0.29) is 11.1 Å². The van der Waals surface area contributed by atoms with Gasteiger partial charge >= 0.3 is 0 Å². The fourth-order valence-corrected chi connectivity index (χ4v) is 3.10. The van der Waals surface area contributed by atoms with Crippen molar-refractivity contribution >= 4 is 29.0 Å². The second-order valence-electron chi connectivity index (χ2n) is 5.37. The summed E-state index contributed by atoms with van der Waals surface area (Å²) in [6, 6.07) is 16.6. The Labute approximate surface area is 149 Å². The average Bonchev–Trinajstić information content (AvgIpc) is 2.88. The number of imide groups is 1. The maximum atomic E-state index is 11.9. The molecule has 0 aromatic heterocycles. The van der Waals surface area contributed by atoms with E-state index in [1.54, 1.807) is 24.3 Å². The predicted molar refractivity (Wildman–Crippen MR) is 95.7 cm³/mol. The summed E-state index contributed by atoms with van der Waals surface area (Å²) in [5, 5.41) is 8.81. The minimum Gasteiger partial charge on any atom is -0.489 e. The molecule has 1 aliphatic rings. The molecule has 0 saturated carbocycles. The zero-order valence-corrected chi connectivity index (χ0v) is 14.2. The van der Waals surface area contributed by atoms with Gasteiger partial charge in [0, 0.05) is 12.6 Å². The van der Waals surface area contributed by atoms with Gasteiger partial charge in [-0.1, -0.05) is 30.3 Å². The molecule has 2 aromatic rings. The van der Waals surface area contributed by atoms with Gasteiger partial charge in [-0.3, -0.25) is 14.5 Å². The highest BCUT2D eigenvalue weighted by Gasteiger charge is 2.31. The van der Waals surface area contributed by atoms with Crippen molar-refractivity contribution in [2.24, 2.45) is 0 Å². The van der Waals surface area contributed by atoms with E-state index in [4.69, 9.17) is 10.00 Å².